The Hall–Kier alpha value is -0.160. The van der Waals surface area contributed by atoms with Crippen molar-refractivity contribution in [2.75, 3.05) is 26.4 Å². The molecule has 4 heteroatoms. The summed E-state index contributed by atoms with van der Waals surface area (Å²) in [4.78, 5) is 0. The van der Waals surface area contributed by atoms with Crippen molar-refractivity contribution in [2.45, 2.75) is 63.7 Å². The van der Waals surface area contributed by atoms with E-state index >= 15 is 0 Å². The van der Waals surface area contributed by atoms with Crippen LogP contribution in [0.1, 0.15) is 46.5 Å². The molecular weight excluding hydrogens is 242 g/mol. The van der Waals surface area contributed by atoms with Crippen LogP contribution in [0.5, 0.6) is 0 Å². The van der Waals surface area contributed by atoms with Gasteiger partial charge in [0.15, 0.2) is 0 Å². The van der Waals surface area contributed by atoms with Gasteiger partial charge in [0.05, 0.1) is 17.8 Å². The molecule has 112 valence electrons. The van der Waals surface area contributed by atoms with Crippen LogP contribution in [0.3, 0.4) is 0 Å². The Labute approximate surface area is 117 Å². The Morgan fingerprint density at radius 2 is 2.21 bits per heavy atom. The van der Waals surface area contributed by atoms with E-state index < -0.39 is 0 Å². The van der Waals surface area contributed by atoms with Crippen LogP contribution in [-0.2, 0) is 14.2 Å². The molecule has 0 aliphatic carbocycles. The molecule has 0 radical (unpaired) electrons. The molecule has 0 aromatic carbocycles. The van der Waals surface area contributed by atoms with Crippen LogP contribution in [-0.4, -0.2) is 43.7 Å². The van der Waals surface area contributed by atoms with Gasteiger partial charge in [-0.1, -0.05) is 6.92 Å². The molecule has 2 fully saturated rings. The van der Waals surface area contributed by atoms with Gasteiger partial charge >= 0.3 is 0 Å². The first-order valence-corrected chi connectivity index (χ1v) is 7.66. The molecule has 2 heterocycles. The molecule has 0 aromatic rings. The molecule has 19 heavy (non-hydrogen) atoms. The summed E-state index contributed by atoms with van der Waals surface area (Å²) < 4.78 is 17.5. The third kappa shape index (κ3) is 3.13. The van der Waals surface area contributed by atoms with E-state index in [1.807, 2.05) is 6.92 Å². The molecule has 2 aliphatic heterocycles. The number of ether oxygens (including phenoxy) is 3. The third-order valence-corrected chi connectivity index (χ3v) is 4.99. The summed E-state index contributed by atoms with van der Waals surface area (Å²) in [6.45, 7) is 9.41. The Bertz CT molecular complexity index is 291. The molecule has 2 rings (SSSR count). The van der Waals surface area contributed by atoms with E-state index in [0.29, 0.717) is 5.92 Å². The van der Waals surface area contributed by atoms with Crippen LogP contribution < -0.4 is 5.73 Å². The molecule has 4 unspecified atom stereocenters. The summed E-state index contributed by atoms with van der Waals surface area (Å²) in [5.74, 6) is 0.465. The highest BCUT2D eigenvalue weighted by Crippen LogP contribution is 2.39. The molecular formula is C15H29NO3. The molecule has 0 saturated carbocycles. The fourth-order valence-electron chi connectivity index (χ4n) is 3.50. The molecule has 0 amide bonds. The maximum atomic E-state index is 6.55. The standard InChI is InChI=1S/C15H29NO3/c1-4-14(3,18-5-2)13(16)12-6-8-19-15(10-12)7-9-17-11-15/h12-13H,4-11,16H2,1-3H3. The molecule has 2 N–H and O–H groups in total. The van der Waals surface area contributed by atoms with Crippen molar-refractivity contribution < 1.29 is 14.2 Å². The van der Waals surface area contributed by atoms with Crippen molar-refractivity contribution in [3.63, 3.8) is 0 Å². The van der Waals surface area contributed by atoms with Crippen molar-refractivity contribution in [2.24, 2.45) is 11.7 Å². The van der Waals surface area contributed by atoms with Gasteiger partial charge in [-0.3, -0.25) is 0 Å². The Morgan fingerprint density at radius 1 is 1.42 bits per heavy atom. The van der Waals surface area contributed by atoms with Gasteiger partial charge in [0.2, 0.25) is 0 Å². The molecule has 0 bridgehead atoms. The predicted molar refractivity (Wildman–Crippen MR) is 75.1 cm³/mol. The van der Waals surface area contributed by atoms with Gasteiger partial charge in [0.1, 0.15) is 0 Å². The normalized spacial score (nSPS) is 36.3. The van der Waals surface area contributed by atoms with E-state index in [-0.39, 0.29) is 17.2 Å². The zero-order chi connectivity index (χ0) is 13.9. The Kier molecular flexibility index (Phi) is 4.88. The largest absolute Gasteiger partial charge is 0.378 e. The quantitative estimate of drug-likeness (QED) is 0.832. The topological polar surface area (TPSA) is 53.7 Å². The average Bonchev–Trinajstić information content (AvgIpc) is 2.86. The fourth-order valence-corrected chi connectivity index (χ4v) is 3.50. The van der Waals surface area contributed by atoms with E-state index in [9.17, 15) is 0 Å². The molecule has 4 atom stereocenters. The Morgan fingerprint density at radius 3 is 2.79 bits per heavy atom. The predicted octanol–water partition coefficient (Wildman–Crippen LogP) is 2.10. The second-order valence-electron chi connectivity index (χ2n) is 6.21. The second kappa shape index (κ2) is 6.08. The highest BCUT2D eigenvalue weighted by Gasteiger charge is 2.46. The molecule has 2 aliphatic rings. The maximum Gasteiger partial charge on any atom is 0.0939 e. The summed E-state index contributed by atoms with van der Waals surface area (Å²) in [6, 6.07) is 0.0684. The highest BCUT2D eigenvalue weighted by molar-refractivity contribution is 4.98. The van der Waals surface area contributed by atoms with Crippen LogP contribution in [0.4, 0.5) is 0 Å². The van der Waals surface area contributed by atoms with Gasteiger partial charge in [-0.15, -0.1) is 0 Å². The van der Waals surface area contributed by atoms with E-state index in [2.05, 4.69) is 13.8 Å². The van der Waals surface area contributed by atoms with Crippen molar-refractivity contribution in [1.29, 1.82) is 0 Å². The molecule has 0 aromatic heterocycles. The monoisotopic (exact) mass is 271 g/mol. The zero-order valence-electron chi connectivity index (χ0n) is 12.6. The van der Waals surface area contributed by atoms with E-state index in [0.717, 1.165) is 52.1 Å². The number of hydrogen-bond acceptors (Lipinski definition) is 4. The van der Waals surface area contributed by atoms with Crippen LogP contribution >= 0.6 is 0 Å². The van der Waals surface area contributed by atoms with Gasteiger partial charge in [-0.05, 0) is 39.0 Å². The second-order valence-corrected chi connectivity index (χ2v) is 6.21. The van der Waals surface area contributed by atoms with Crippen molar-refractivity contribution in [3.05, 3.63) is 0 Å². The highest BCUT2D eigenvalue weighted by atomic mass is 16.6. The first-order valence-electron chi connectivity index (χ1n) is 7.66. The number of rotatable bonds is 5. The lowest BCUT2D eigenvalue weighted by atomic mass is 9.75. The van der Waals surface area contributed by atoms with Gasteiger partial charge in [-0.2, -0.15) is 0 Å². The molecule has 1 spiro atoms. The lowest BCUT2D eigenvalue weighted by Crippen LogP contribution is -2.55. The van der Waals surface area contributed by atoms with Crippen molar-refractivity contribution >= 4 is 0 Å². The zero-order valence-corrected chi connectivity index (χ0v) is 12.6. The van der Waals surface area contributed by atoms with Crippen LogP contribution in [0, 0.1) is 5.92 Å². The minimum Gasteiger partial charge on any atom is -0.378 e. The first-order chi connectivity index (χ1) is 9.05. The van der Waals surface area contributed by atoms with Gasteiger partial charge < -0.3 is 19.9 Å². The number of nitrogens with two attached hydrogens (primary N) is 1. The van der Waals surface area contributed by atoms with Gasteiger partial charge in [-0.25, -0.2) is 0 Å². The van der Waals surface area contributed by atoms with Crippen LogP contribution in [0.15, 0.2) is 0 Å². The first kappa shape index (κ1) is 15.2. The summed E-state index contributed by atoms with van der Waals surface area (Å²) in [5, 5.41) is 0. The minimum atomic E-state index is -0.225. The van der Waals surface area contributed by atoms with Crippen molar-refractivity contribution in [1.82, 2.24) is 0 Å². The lowest BCUT2D eigenvalue weighted by Gasteiger charge is -2.45. The van der Waals surface area contributed by atoms with Crippen LogP contribution in [0.25, 0.3) is 0 Å². The lowest BCUT2D eigenvalue weighted by molar-refractivity contribution is -0.124. The van der Waals surface area contributed by atoms with Crippen molar-refractivity contribution in [3.8, 4) is 0 Å². The fraction of sp³-hybridized carbons (Fsp3) is 1.00. The SMILES string of the molecule is CCOC(C)(CC)C(N)C1CCOC2(CCOC2)C1. The third-order valence-electron chi connectivity index (χ3n) is 4.99. The van der Waals surface area contributed by atoms with Gasteiger partial charge in [0.25, 0.3) is 0 Å². The molecule has 4 nitrogen and oxygen atoms in total. The van der Waals surface area contributed by atoms with E-state index in [1.165, 1.54) is 0 Å². The smallest absolute Gasteiger partial charge is 0.0939 e. The summed E-state index contributed by atoms with van der Waals surface area (Å²) in [5.41, 5.74) is 6.26. The van der Waals surface area contributed by atoms with E-state index in [4.69, 9.17) is 19.9 Å². The maximum absolute atomic E-state index is 6.55. The average molecular weight is 271 g/mol. The minimum absolute atomic E-state index is 0.0681. The number of hydrogen-bond donors (Lipinski definition) is 1. The molecule has 2 saturated heterocycles. The van der Waals surface area contributed by atoms with Crippen LogP contribution in [0.2, 0.25) is 0 Å². The van der Waals surface area contributed by atoms with E-state index in [1.54, 1.807) is 0 Å². The van der Waals surface area contributed by atoms with Gasteiger partial charge in [0, 0.05) is 32.3 Å². The summed E-state index contributed by atoms with van der Waals surface area (Å²) in [7, 11) is 0. The summed E-state index contributed by atoms with van der Waals surface area (Å²) >= 11 is 0. The Balaban J connectivity index is 2.03. The summed E-state index contributed by atoms with van der Waals surface area (Å²) in [6.07, 6.45) is 4.00.